The van der Waals surface area contributed by atoms with Crippen molar-refractivity contribution in [3.63, 3.8) is 0 Å². The number of fused-ring (bicyclic) bond motifs is 1. The zero-order valence-electron chi connectivity index (χ0n) is 11.5. The Labute approximate surface area is 126 Å². The lowest BCUT2D eigenvalue weighted by molar-refractivity contribution is -0.0705. The second-order valence-electron chi connectivity index (χ2n) is 5.18. The van der Waals surface area contributed by atoms with Gasteiger partial charge in [-0.25, -0.2) is 8.42 Å². The van der Waals surface area contributed by atoms with Crippen LogP contribution in [0.4, 0.5) is 0 Å². The molecule has 0 N–H and O–H groups in total. The predicted molar refractivity (Wildman–Crippen MR) is 75.5 cm³/mol. The minimum Gasteiger partial charge on any atom is -0.375 e. The zero-order valence-corrected chi connectivity index (χ0v) is 13.1. The van der Waals surface area contributed by atoms with Gasteiger partial charge >= 0.3 is 0 Å². The molecule has 8 nitrogen and oxygen atoms in total. The number of nitrogens with zero attached hydrogens (tertiary/aromatic N) is 4. The number of likely N-dealkylation sites (tertiary alicyclic amines) is 1. The number of carbonyl (C=O) groups excluding carboxylic acids is 1. The average Bonchev–Trinajstić information content (AvgIpc) is 2.98. The summed E-state index contributed by atoms with van der Waals surface area (Å²) in [6.07, 6.45) is 1.67. The van der Waals surface area contributed by atoms with Crippen molar-refractivity contribution in [3.8, 4) is 0 Å². The van der Waals surface area contributed by atoms with Crippen LogP contribution in [-0.4, -0.2) is 77.8 Å². The summed E-state index contributed by atoms with van der Waals surface area (Å²) >= 11 is 1.12. The summed E-state index contributed by atoms with van der Waals surface area (Å²) < 4.78 is 34.6. The summed E-state index contributed by atoms with van der Waals surface area (Å²) in [6, 6.07) is -0.321. The van der Waals surface area contributed by atoms with Crippen LogP contribution in [0.5, 0.6) is 0 Å². The van der Waals surface area contributed by atoms with E-state index in [0.717, 1.165) is 11.5 Å². The van der Waals surface area contributed by atoms with Gasteiger partial charge in [-0.15, -0.1) is 5.10 Å². The Kier molecular flexibility index (Phi) is 3.95. The number of rotatable bonds is 2. The number of ether oxygens (including phenoxy) is 1. The molecule has 21 heavy (non-hydrogen) atoms. The standard InChI is InChI=1S/C11H16N4O4S2/c1-21(17,18)15-4-5-19-10-2-3-14(6-9(10)15)11(16)8-7-20-13-12-8/h7,9-10H,2-6H2,1H3/t9-,10-/m0/s1. The van der Waals surface area contributed by atoms with Crippen molar-refractivity contribution in [2.45, 2.75) is 18.6 Å². The topological polar surface area (TPSA) is 92.7 Å². The Hall–Kier alpha value is -1.10. The second-order valence-corrected chi connectivity index (χ2v) is 7.73. The quantitative estimate of drug-likeness (QED) is 0.719. The van der Waals surface area contributed by atoms with Crippen LogP contribution in [0.25, 0.3) is 0 Å². The Bertz CT molecular complexity index is 618. The van der Waals surface area contributed by atoms with Crippen LogP contribution in [0.1, 0.15) is 16.9 Å². The first-order chi connectivity index (χ1) is 9.97. The van der Waals surface area contributed by atoms with Gasteiger partial charge in [0.15, 0.2) is 5.69 Å². The summed E-state index contributed by atoms with van der Waals surface area (Å²) in [7, 11) is -3.31. The molecule has 2 saturated heterocycles. The Morgan fingerprint density at radius 1 is 1.48 bits per heavy atom. The van der Waals surface area contributed by atoms with Crippen molar-refractivity contribution in [1.82, 2.24) is 18.8 Å². The van der Waals surface area contributed by atoms with Gasteiger partial charge in [-0.2, -0.15) is 4.31 Å². The van der Waals surface area contributed by atoms with Crippen LogP contribution in [0, 0.1) is 0 Å². The van der Waals surface area contributed by atoms with E-state index >= 15 is 0 Å². The molecule has 3 rings (SSSR count). The number of amides is 1. The molecule has 1 aromatic rings. The van der Waals surface area contributed by atoms with Crippen molar-refractivity contribution < 1.29 is 17.9 Å². The number of hydrogen-bond donors (Lipinski definition) is 0. The minimum atomic E-state index is -3.31. The highest BCUT2D eigenvalue weighted by atomic mass is 32.2. The van der Waals surface area contributed by atoms with Crippen molar-refractivity contribution in [2.75, 3.05) is 32.5 Å². The molecule has 0 saturated carbocycles. The maximum atomic E-state index is 12.3. The molecule has 0 bridgehead atoms. The summed E-state index contributed by atoms with van der Waals surface area (Å²) in [4.78, 5) is 13.9. The predicted octanol–water partition coefficient (Wildman–Crippen LogP) is -0.587. The Balaban J connectivity index is 1.79. The van der Waals surface area contributed by atoms with Gasteiger partial charge in [0, 0.05) is 25.0 Å². The first-order valence-electron chi connectivity index (χ1n) is 6.61. The molecule has 1 amide bonds. The molecule has 1 aromatic heterocycles. The maximum Gasteiger partial charge on any atom is 0.275 e. The van der Waals surface area contributed by atoms with E-state index in [1.165, 1.54) is 10.6 Å². The van der Waals surface area contributed by atoms with Crippen molar-refractivity contribution in [1.29, 1.82) is 0 Å². The van der Waals surface area contributed by atoms with E-state index < -0.39 is 10.0 Å². The van der Waals surface area contributed by atoms with Crippen LogP contribution in [0.15, 0.2) is 5.38 Å². The van der Waals surface area contributed by atoms with Crippen molar-refractivity contribution in [2.24, 2.45) is 0 Å². The number of aromatic nitrogens is 2. The number of hydrogen-bond acceptors (Lipinski definition) is 7. The number of carbonyl (C=O) groups is 1. The van der Waals surface area contributed by atoms with Gasteiger partial charge in [0.25, 0.3) is 5.91 Å². The van der Waals surface area contributed by atoms with Gasteiger partial charge in [-0.1, -0.05) is 4.49 Å². The van der Waals surface area contributed by atoms with Gasteiger partial charge < -0.3 is 9.64 Å². The molecule has 10 heteroatoms. The smallest absolute Gasteiger partial charge is 0.275 e. The maximum absolute atomic E-state index is 12.3. The number of sulfonamides is 1. The number of piperidine rings is 1. The lowest BCUT2D eigenvalue weighted by atomic mass is 10.0. The zero-order chi connectivity index (χ0) is 15.0. The third-order valence-electron chi connectivity index (χ3n) is 3.83. The van der Waals surface area contributed by atoms with Crippen LogP contribution < -0.4 is 0 Å². The summed E-state index contributed by atoms with van der Waals surface area (Å²) in [5.41, 5.74) is 0.307. The van der Waals surface area contributed by atoms with E-state index in [1.54, 1.807) is 10.3 Å². The molecule has 2 fully saturated rings. The van der Waals surface area contributed by atoms with Gasteiger partial charge in [-0.05, 0) is 18.0 Å². The minimum absolute atomic E-state index is 0.147. The molecule has 0 radical (unpaired) electrons. The summed E-state index contributed by atoms with van der Waals surface area (Å²) in [5, 5.41) is 5.37. The van der Waals surface area contributed by atoms with Gasteiger partial charge in [0.1, 0.15) is 0 Å². The third kappa shape index (κ3) is 2.93. The molecular formula is C11H16N4O4S2. The summed E-state index contributed by atoms with van der Waals surface area (Å²) in [6.45, 7) is 1.60. The van der Waals surface area contributed by atoms with Gasteiger partial charge in [-0.3, -0.25) is 4.79 Å². The second kappa shape index (κ2) is 5.59. The summed E-state index contributed by atoms with van der Waals surface area (Å²) in [5.74, 6) is -0.207. The van der Waals surface area contributed by atoms with Crippen LogP contribution in [-0.2, 0) is 14.8 Å². The number of morpholine rings is 1. The van der Waals surface area contributed by atoms with E-state index in [1.807, 2.05) is 0 Å². The van der Waals surface area contributed by atoms with Crippen LogP contribution in [0.3, 0.4) is 0 Å². The van der Waals surface area contributed by atoms with Gasteiger partial charge in [0.2, 0.25) is 10.0 Å². The van der Waals surface area contributed by atoms with Crippen molar-refractivity contribution >= 4 is 27.5 Å². The normalized spacial score (nSPS) is 27.4. The molecule has 116 valence electrons. The molecule has 2 aliphatic heterocycles. The van der Waals surface area contributed by atoms with E-state index in [4.69, 9.17) is 4.74 Å². The monoisotopic (exact) mass is 332 g/mol. The fourth-order valence-electron chi connectivity index (χ4n) is 2.86. The first kappa shape index (κ1) is 14.8. The van der Waals surface area contributed by atoms with E-state index in [2.05, 4.69) is 9.59 Å². The van der Waals surface area contributed by atoms with E-state index in [9.17, 15) is 13.2 Å². The fraction of sp³-hybridized carbons (Fsp3) is 0.727. The highest BCUT2D eigenvalue weighted by Crippen LogP contribution is 2.25. The lowest BCUT2D eigenvalue weighted by Gasteiger charge is -2.45. The Morgan fingerprint density at radius 3 is 2.95 bits per heavy atom. The Morgan fingerprint density at radius 2 is 2.29 bits per heavy atom. The third-order valence-corrected chi connectivity index (χ3v) is 5.64. The fourth-order valence-corrected chi connectivity index (χ4v) is 4.39. The first-order valence-corrected chi connectivity index (χ1v) is 9.30. The largest absolute Gasteiger partial charge is 0.375 e. The highest BCUT2D eigenvalue weighted by Gasteiger charge is 2.42. The molecule has 2 atom stereocenters. The molecule has 3 heterocycles. The van der Waals surface area contributed by atoms with E-state index in [-0.39, 0.29) is 18.1 Å². The molecule has 0 aromatic carbocycles. The SMILES string of the molecule is CS(=O)(=O)N1CCO[C@H]2CCN(C(=O)c3csnn3)C[C@@H]21. The average molecular weight is 332 g/mol. The molecule has 0 aliphatic carbocycles. The van der Waals surface area contributed by atoms with Gasteiger partial charge in [0.05, 0.1) is 25.0 Å². The van der Waals surface area contributed by atoms with Crippen LogP contribution >= 0.6 is 11.5 Å². The van der Waals surface area contributed by atoms with Crippen LogP contribution in [0.2, 0.25) is 0 Å². The highest BCUT2D eigenvalue weighted by molar-refractivity contribution is 7.88. The van der Waals surface area contributed by atoms with E-state index in [0.29, 0.717) is 38.4 Å². The van der Waals surface area contributed by atoms with Crippen molar-refractivity contribution in [3.05, 3.63) is 11.1 Å². The molecule has 0 unspecified atom stereocenters. The molecular weight excluding hydrogens is 316 g/mol. The lowest BCUT2D eigenvalue weighted by Crippen LogP contribution is -2.61. The molecule has 2 aliphatic rings. The molecule has 0 spiro atoms.